The van der Waals surface area contributed by atoms with Crippen LogP contribution in [0.3, 0.4) is 0 Å². The van der Waals surface area contributed by atoms with Gasteiger partial charge in [0.15, 0.2) is 0 Å². The van der Waals surface area contributed by atoms with Gasteiger partial charge >= 0.3 is 0 Å². The lowest BCUT2D eigenvalue weighted by Gasteiger charge is -2.29. The summed E-state index contributed by atoms with van der Waals surface area (Å²) >= 11 is 0. The van der Waals surface area contributed by atoms with Gasteiger partial charge < -0.3 is 10.1 Å². The number of nitrogens with one attached hydrogen (secondary N) is 1. The Morgan fingerprint density at radius 2 is 1.75 bits per heavy atom. The maximum absolute atomic E-state index is 5.51. The van der Waals surface area contributed by atoms with Gasteiger partial charge in [0, 0.05) is 6.04 Å². The van der Waals surface area contributed by atoms with E-state index in [-0.39, 0.29) is 5.41 Å². The number of ether oxygens (including phenoxy) is 1. The molecule has 1 aliphatic carbocycles. The van der Waals surface area contributed by atoms with Crippen LogP contribution in [0.2, 0.25) is 0 Å². The number of rotatable bonds is 3. The summed E-state index contributed by atoms with van der Waals surface area (Å²) in [4.78, 5) is 0. The molecule has 0 atom stereocenters. The molecule has 1 aliphatic rings. The number of hydrogen-bond donors (Lipinski definition) is 1. The molecule has 0 amide bonds. The van der Waals surface area contributed by atoms with Crippen LogP contribution in [-0.4, -0.2) is 13.2 Å². The third kappa shape index (κ3) is 3.68. The molecule has 0 bridgehead atoms. The first-order valence-electron chi connectivity index (χ1n) is 7.85. The standard InChI is InChI=1S/C18H29NO/c1-13-6-9-15(10-7-13)19-16-12-14(18(2,3)4)8-11-17(16)20-5/h8,11-13,15,19H,6-7,9-10H2,1-5H3. The Bertz CT molecular complexity index is 439. The highest BCUT2D eigenvalue weighted by molar-refractivity contribution is 5.59. The Morgan fingerprint density at radius 1 is 1.10 bits per heavy atom. The van der Waals surface area contributed by atoms with Crippen molar-refractivity contribution in [2.75, 3.05) is 12.4 Å². The van der Waals surface area contributed by atoms with Crippen molar-refractivity contribution in [3.05, 3.63) is 23.8 Å². The smallest absolute Gasteiger partial charge is 0.141 e. The summed E-state index contributed by atoms with van der Waals surface area (Å²) in [5.74, 6) is 1.84. The zero-order valence-electron chi connectivity index (χ0n) is 13.6. The predicted octanol–water partition coefficient (Wildman–Crippen LogP) is 4.98. The van der Waals surface area contributed by atoms with Crippen LogP contribution in [0.15, 0.2) is 18.2 Å². The van der Waals surface area contributed by atoms with Crippen molar-refractivity contribution in [3.8, 4) is 5.75 Å². The van der Waals surface area contributed by atoms with Gasteiger partial charge in [0.05, 0.1) is 12.8 Å². The van der Waals surface area contributed by atoms with E-state index in [0.717, 1.165) is 17.4 Å². The lowest BCUT2D eigenvalue weighted by atomic mass is 9.85. The molecule has 1 saturated carbocycles. The average molecular weight is 275 g/mol. The summed E-state index contributed by atoms with van der Waals surface area (Å²) in [5, 5.41) is 3.71. The Labute approximate surface area is 123 Å². The van der Waals surface area contributed by atoms with Crippen molar-refractivity contribution in [3.63, 3.8) is 0 Å². The fraction of sp³-hybridized carbons (Fsp3) is 0.667. The molecule has 1 fully saturated rings. The maximum Gasteiger partial charge on any atom is 0.141 e. The van der Waals surface area contributed by atoms with Crippen LogP contribution < -0.4 is 10.1 Å². The van der Waals surface area contributed by atoms with E-state index in [4.69, 9.17) is 4.74 Å². The van der Waals surface area contributed by atoms with E-state index < -0.39 is 0 Å². The molecule has 2 heteroatoms. The van der Waals surface area contributed by atoms with Crippen LogP contribution in [0.25, 0.3) is 0 Å². The summed E-state index contributed by atoms with van der Waals surface area (Å²) in [6.07, 6.45) is 5.20. The van der Waals surface area contributed by atoms with Gasteiger partial charge in [-0.05, 0) is 54.7 Å². The molecule has 0 spiro atoms. The van der Waals surface area contributed by atoms with Crippen LogP contribution >= 0.6 is 0 Å². The fourth-order valence-corrected chi connectivity index (χ4v) is 2.91. The van der Waals surface area contributed by atoms with E-state index in [1.807, 2.05) is 0 Å². The zero-order valence-corrected chi connectivity index (χ0v) is 13.6. The third-order valence-corrected chi connectivity index (χ3v) is 4.44. The van der Waals surface area contributed by atoms with Crippen LogP contribution in [0.1, 0.15) is 58.9 Å². The van der Waals surface area contributed by atoms with Gasteiger partial charge in [0.2, 0.25) is 0 Å². The van der Waals surface area contributed by atoms with E-state index in [1.165, 1.54) is 31.2 Å². The predicted molar refractivity (Wildman–Crippen MR) is 86.7 cm³/mol. The van der Waals surface area contributed by atoms with Crippen molar-refractivity contribution in [1.29, 1.82) is 0 Å². The van der Waals surface area contributed by atoms with Gasteiger partial charge in [0.25, 0.3) is 0 Å². The number of anilines is 1. The summed E-state index contributed by atoms with van der Waals surface area (Å²) in [6.45, 7) is 9.11. The average Bonchev–Trinajstić information content (AvgIpc) is 2.40. The van der Waals surface area contributed by atoms with Gasteiger partial charge in [-0.15, -0.1) is 0 Å². The van der Waals surface area contributed by atoms with Crippen molar-refractivity contribution < 1.29 is 4.74 Å². The second-order valence-electron chi connectivity index (χ2n) is 7.27. The maximum atomic E-state index is 5.51. The van der Waals surface area contributed by atoms with Crippen LogP contribution in [0.4, 0.5) is 5.69 Å². The minimum Gasteiger partial charge on any atom is -0.495 e. The molecule has 1 aromatic carbocycles. The van der Waals surface area contributed by atoms with Crippen molar-refractivity contribution >= 4 is 5.69 Å². The van der Waals surface area contributed by atoms with Crippen LogP contribution in [0.5, 0.6) is 5.75 Å². The Balaban J connectivity index is 2.16. The molecule has 0 aliphatic heterocycles. The summed E-state index contributed by atoms with van der Waals surface area (Å²) < 4.78 is 5.51. The molecule has 1 aromatic rings. The van der Waals surface area contributed by atoms with E-state index >= 15 is 0 Å². The second kappa shape index (κ2) is 6.07. The normalized spacial score (nSPS) is 23.4. The van der Waals surface area contributed by atoms with Gasteiger partial charge in [-0.25, -0.2) is 0 Å². The highest BCUT2D eigenvalue weighted by atomic mass is 16.5. The van der Waals surface area contributed by atoms with E-state index in [2.05, 4.69) is 51.2 Å². The van der Waals surface area contributed by atoms with Crippen molar-refractivity contribution in [2.45, 2.75) is 64.8 Å². The topological polar surface area (TPSA) is 21.3 Å². The molecule has 20 heavy (non-hydrogen) atoms. The summed E-state index contributed by atoms with van der Waals surface area (Å²) in [5.41, 5.74) is 2.67. The van der Waals surface area contributed by atoms with Crippen molar-refractivity contribution in [1.82, 2.24) is 0 Å². The van der Waals surface area contributed by atoms with Crippen LogP contribution in [0, 0.1) is 5.92 Å². The Kier molecular flexibility index (Phi) is 4.62. The first-order chi connectivity index (χ1) is 9.40. The van der Waals surface area contributed by atoms with E-state index in [9.17, 15) is 0 Å². The molecule has 0 unspecified atom stereocenters. The highest BCUT2D eigenvalue weighted by Gasteiger charge is 2.21. The zero-order chi connectivity index (χ0) is 14.8. The number of methoxy groups -OCH3 is 1. The molecule has 0 aromatic heterocycles. The fourth-order valence-electron chi connectivity index (χ4n) is 2.91. The van der Waals surface area contributed by atoms with Crippen LogP contribution in [-0.2, 0) is 5.41 Å². The molecule has 0 heterocycles. The third-order valence-electron chi connectivity index (χ3n) is 4.44. The monoisotopic (exact) mass is 275 g/mol. The van der Waals surface area contributed by atoms with Gasteiger partial charge in [-0.1, -0.05) is 33.8 Å². The number of hydrogen-bond acceptors (Lipinski definition) is 2. The quantitative estimate of drug-likeness (QED) is 0.839. The highest BCUT2D eigenvalue weighted by Crippen LogP contribution is 2.34. The summed E-state index contributed by atoms with van der Waals surface area (Å²) in [7, 11) is 1.75. The van der Waals surface area contributed by atoms with Gasteiger partial charge in [-0.2, -0.15) is 0 Å². The molecule has 0 radical (unpaired) electrons. The Hall–Kier alpha value is -1.18. The summed E-state index contributed by atoms with van der Waals surface area (Å²) in [6, 6.07) is 7.12. The molecule has 1 N–H and O–H groups in total. The van der Waals surface area contributed by atoms with Gasteiger partial charge in [-0.3, -0.25) is 0 Å². The van der Waals surface area contributed by atoms with E-state index in [0.29, 0.717) is 6.04 Å². The van der Waals surface area contributed by atoms with Gasteiger partial charge in [0.1, 0.15) is 5.75 Å². The first-order valence-corrected chi connectivity index (χ1v) is 7.85. The lowest BCUT2D eigenvalue weighted by molar-refractivity contribution is 0.359. The minimum atomic E-state index is 0.170. The molecular weight excluding hydrogens is 246 g/mol. The van der Waals surface area contributed by atoms with Crippen molar-refractivity contribution in [2.24, 2.45) is 5.92 Å². The largest absolute Gasteiger partial charge is 0.495 e. The molecule has 2 rings (SSSR count). The molecular formula is C18H29NO. The second-order valence-corrected chi connectivity index (χ2v) is 7.27. The molecule has 2 nitrogen and oxygen atoms in total. The SMILES string of the molecule is COc1ccc(C(C)(C)C)cc1NC1CCC(C)CC1. The lowest BCUT2D eigenvalue weighted by Crippen LogP contribution is -2.25. The number of benzene rings is 1. The minimum absolute atomic E-state index is 0.170. The molecule has 0 saturated heterocycles. The van der Waals surface area contributed by atoms with E-state index in [1.54, 1.807) is 7.11 Å². The molecule has 112 valence electrons. The first kappa shape index (κ1) is 15.2. The Morgan fingerprint density at radius 3 is 2.30 bits per heavy atom.